The van der Waals surface area contributed by atoms with E-state index in [1.165, 1.54) is 0 Å². The molecule has 0 saturated carbocycles. The summed E-state index contributed by atoms with van der Waals surface area (Å²) in [6, 6.07) is 0. The van der Waals surface area contributed by atoms with E-state index in [4.69, 9.17) is 14.7 Å². The van der Waals surface area contributed by atoms with Crippen LogP contribution in [-0.4, -0.2) is 60.7 Å². The molecule has 0 aromatic carbocycles. The molecule has 1 N–H and O–H groups in total. The Morgan fingerprint density at radius 2 is 1.45 bits per heavy atom. The van der Waals surface area contributed by atoms with Crippen molar-refractivity contribution in [1.82, 2.24) is 0 Å². The van der Waals surface area contributed by atoms with E-state index < -0.39 is 48.4 Å². The van der Waals surface area contributed by atoms with Gasteiger partial charge in [0.25, 0.3) is 0 Å². The van der Waals surface area contributed by atoms with Crippen molar-refractivity contribution in [2.45, 2.75) is 33.0 Å². The highest BCUT2D eigenvalue weighted by Crippen LogP contribution is 2.11. The minimum absolute atomic E-state index is 0.415. The first-order valence-corrected chi connectivity index (χ1v) is 5.99. The van der Waals surface area contributed by atoms with E-state index in [0.29, 0.717) is 0 Å². The predicted octanol–water partition coefficient (Wildman–Crippen LogP) is -0.584. The highest BCUT2D eigenvalue weighted by molar-refractivity contribution is 5.97. The quantitative estimate of drug-likeness (QED) is 0.214. The molecular formula is C12H17NO9. The lowest BCUT2D eigenvalue weighted by molar-refractivity contribution is -0.175. The number of hydrogen-bond acceptors (Lipinski definition) is 10. The Kier molecular flexibility index (Phi) is 8.19. The van der Waals surface area contributed by atoms with Crippen molar-refractivity contribution in [2.24, 2.45) is 5.16 Å². The summed E-state index contributed by atoms with van der Waals surface area (Å²) in [5.41, 5.74) is -0.415. The zero-order chi connectivity index (χ0) is 17.3. The van der Waals surface area contributed by atoms with Crippen LogP contribution in [0.5, 0.6) is 0 Å². The number of ether oxygens (including phenoxy) is 4. The molecule has 0 fully saturated rings. The average molecular weight is 319 g/mol. The number of hydrogen-bond donors (Lipinski definition) is 1. The molecule has 0 aliphatic heterocycles. The van der Waals surface area contributed by atoms with Gasteiger partial charge in [-0.15, -0.1) is 0 Å². The normalized spacial score (nSPS) is 13.5. The van der Waals surface area contributed by atoms with Gasteiger partial charge in [0.05, 0.1) is 7.11 Å². The van der Waals surface area contributed by atoms with Crippen molar-refractivity contribution in [3.8, 4) is 0 Å². The van der Waals surface area contributed by atoms with Crippen LogP contribution in [0, 0.1) is 0 Å². The molecule has 0 heterocycles. The zero-order valence-electron chi connectivity index (χ0n) is 12.5. The molecule has 0 rings (SSSR count). The van der Waals surface area contributed by atoms with Gasteiger partial charge in [-0.2, -0.15) is 0 Å². The van der Waals surface area contributed by atoms with Gasteiger partial charge in [0.15, 0.2) is 6.10 Å². The fraction of sp³-hybridized carbons (Fsp3) is 0.583. The maximum Gasteiger partial charge on any atom is 0.351 e. The highest BCUT2D eigenvalue weighted by atomic mass is 16.6. The smallest absolute Gasteiger partial charge is 0.351 e. The van der Waals surface area contributed by atoms with Gasteiger partial charge in [-0.05, 0) is 0 Å². The van der Waals surface area contributed by atoms with E-state index in [9.17, 15) is 19.2 Å². The zero-order valence-corrected chi connectivity index (χ0v) is 12.5. The van der Waals surface area contributed by atoms with Crippen molar-refractivity contribution >= 4 is 29.6 Å². The van der Waals surface area contributed by atoms with Crippen molar-refractivity contribution in [3.05, 3.63) is 0 Å². The van der Waals surface area contributed by atoms with E-state index in [-0.39, 0.29) is 0 Å². The van der Waals surface area contributed by atoms with Gasteiger partial charge < -0.3 is 24.2 Å². The van der Waals surface area contributed by atoms with Crippen LogP contribution in [0.3, 0.4) is 0 Å². The largest absolute Gasteiger partial charge is 0.466 e. The lowest BCUT2D eigenvalue weighted by atomic mass is 10.1. The third-order valence-electron chi connectivity index (χ3n) is 2.17. The van der Waals surface area contributed by atoms with Crippen LogP contribution < -0.4 is 0 Å². The summed E-state index contributed by atoms with van der Waals surface area (Å²) < 4.78 is 18.6. The van der Waals surface area contributed by atoms with E-state index in [2.05, 4.69) is 14.6 Å². The minimum Gasteiger partial charge on any atom is -0.466 e. The molecular weight excluding hydrogens is 302 g/mol. The molecule has 0 aliphatic carbocycles. The second-order valence-electron chi connectivity index (χ2n) is 3.95. The van der Waals surface area contributed by atoms with E-state index in [0.717, 1.165) is 27.9 Å². The summed E-state index contributed by atoms with van der Waals surface area (Å²) in [6.45, 7) is 2.55. The van der Waals surface area contributed by atoms with Crippen LogP contribution in [0.15, 0.2) is 5.16 Å². The summed E-state index contributed by atoms with van der Waals surface area (Å²) in [5, 5.41) is 11.8. The minimum atomic E-state index is -1.71. The number of oxime groups is 1. The second kappa shape index (κ2) is 9.32. The lowest BCUT2D eigenvalue weighted by Gasteiger charge is -2.24. The fourth-order valence-electron chi connectivity index (χ4n) is 1.36. The Morgan fingerprint density at radius 3 is 1.82 bits per heavy atom. The number of nitrogens with zero attached hydrogens (tertiary/aromatic N) is 1. The molecule has 1 unspecified atom stereocenters. The lowest BCUT2D eigenvalue weighted by Crippen LogP contribution is -2.47. The number of rotatable bonds is 7. The third kappa shape index (κ3) is 6.68. The van der Waals surface area contributed by atoms with E-state index in [1.54, 1.807) is 0 Å². The van der Waals surface area contributed by atoms with Crippen molar-refractivity contribution < 1.29 is 43.3 Å². The topological polar surface area (TPSA) is 138 Å². The third-order valence-corrected chi connectivity index (χ3v) is 2.17. The first-order chi connectivity index (χ1) is 10.2. The van der Waals surface area contributed by atoms with Crippen LogP contribution in [0.2, 0.25) is 0 Å². The van der Waals surface area contributed by atoms with Gasteiger partial charge in [0, 0.05) is 20.8 Å². The first kappa shape index (κ1) is 19.3. The van der Waals surface area contributed by atoms with Crippen LogP contribution >= 0.6 is 0 Å². The molecule has 0 aliphatic rings. The Morgan fingerprint density at radius 1 is 0.955 bits per heavy atom. The number of carbonyl (C=O) groups is 4. The molecule has 124 valence electrons. The molecule has 0 saturated heterocycles. The summed E-state index contributed by atoms with van der Waals surface area (Å²) in [6.07, 6.45) is -3.33. The number of methoxy groups -OCH3 is 1. The Balaban J connectivity index is 5.50. The number of esters is 4. The molecule has 10 heteroatoms. The van der Waals surface area contributed by atoms with Crippen LogP contribution in [-0.2, 0) is 38.1 Å². The standard InChI is InChI=1S/C12H17NO9/c1-6(14)20-5-9(13-18)10(21-7(2)15)11(12(17)19-4)22-8(3)16/h10-11,18H,5H2,1-4H3/b13-9-/t10-,11?/m1/s1. The van der Waals surface area contributed by atoms with Crippen LogP contribution in [0.4, 0.5) is 0 Å². The fourth-order valence-corrected chi connectivity index (χ4v) is 1.36. The summed E-state index contributed by atoms with van der Waals surface area (Å²) in [7, 11) is 1.02. The molecule has 22 heavy (non-hydrogen) atoms. The first-order valence-electron chi connectivity index (χ1n) is 5.99. The molecule has 2 atom stereocenters. The highest BCUT2D eigenvalue weighted by Gasteiger charge is 2.39. The molecule has 0 spiro atoms. The van der Waals surface area contributed by atoms with Gasteiger partial charge in [0.2, 0.25) is 6.10 Å². The molecule has 0 aromatic rings. The van der Waals surface area contributed by atoms with Crippen molar-refractivity contribution in [2.75, 3.05) is 13.7 Å². The maximum absolute atomic E-state index is 11.7. The average Bonchev–Trinajstić information content (AvgIpc) is 2.42. The summed E-state index contributed by atoms with van der Waals surface area (Å²) in [5.74, 6) is -3.47. The molecule has 0 amide bonds. The van der Waals surface area contributed by atoms with E-state index >= 15 is 0 Å². The Labute approximate surface area is 125 Å². The predicted molar refractivity (Wildman–Crippen MR) is 69.0 cm³/mol. The van der Waals surface area contributed by atoms with Crippen LogP contribution in [0.1, 0.15) is 20.8 Å². The second-order valence-corrected chi connectivity index (χ2v) is 3.95. The van der Waals surface area contributed by atoms with Gasteiger partial charge in [-0.1, -0.05) is 5.16 Å². The summed E-state index contributed by atoms with van der Waals surface area (Å²) >= 11 is 0. The van der Waals surface area contributed by atoms with Crippen molar-refractivity contribution in [1.29, 1.82) is 0 Å². The molecule has 0 aromatic heterocycles. The molecule has 10 nitrogen and oxygen atoms in total. The van der Waals surface area contributed by atoms with E-state index in [1.807, 2.05) is 0 Å². The molecule has 0 bridgehead atoms. The monoisotopic (exact) mass is 319 g/mol. The molecule has 0 radical (unpaired) electrons. The Hall–Kier alpha value is -2.65. The van der Waals surface area contributed by atoms with Gasteiger partial charge >= 0.3 is 23.9 Å². The van der Waals surface area contributed by atoms with Crippen molar-refractivity contribution in [3.63, 3.8) is 0 Å². The maximum atomic E-state index is 11.7. The summed E-state index contributed by atoms with van der Waals surface area (Å²) in [4.78, 5) is 44.7. The van der Waals surface area contributed by atoms with Gasteiger partial charge in [-0.25, -0.2) is 4.79 Å². The SMILES string of the molecule is COC(=O)C(OC(C)=O)[C@H](OC(C)=O)/C(COC(C)=O)=N\O. The Bertz CT molecular complexity index is 471. The number of carbonyl (C=O) groups excluding carboxylic acids is 4. The van der Waals surface area contributed by atoms with Crippen LogP contribution in [0.25, 0.3) is 0 Å². The van der Waals surface area contributed by atoms with Gasteiger partial charge in [0.1, 0.15) is 12.3 Å². The van der Waals surface area contributed by atoms with Gasteiger partial charge in [-0.3, -0.25) is 14.4 Å².